The molecule has 0 aliphatic carbocycles. The zero-order chi connectivity index (χ0) is 12.8. The summed E-state index contributed by atoms with van der Waals surface area (Å²) in [6.45, 7) is 2.96. The minimum Gasteiger partial charge on any atom is -0.494 e. The Morgan fingerprint density at radius 1 is 1.00 bits per heavy atom. The molecular weight excluding hydrogens is 288 g/mol. The molecule has 0 radical (unpaired) electrons. The first-order valence-corrected chi connectivity index (χ1v) is 7.07. The highest BCUT2D eigenvalue weighted by Gasteiger charge is 2.00. The first-order chi connectivity index (χ1) is 8.79. The van der Waals surface area contributed by atoms with Crippen molar-refractivity contribution in [3.05, 3.63) is 53.0 Å². The standard InChI is InChI=1S/C16H17BrO/c1-2-3-10-18-16-9-5-7-14(12-16)13-6-4-8-15(17)11-13/h4-9,11-12H,2-3,10H2,1H3. The van der Waals surface area contributed by atoms with Crippen LogP contribution in [0.2, 0.25) is 0 Å². The predicted molar refractivity (Wildman–Crippen MR) is 80.0 cm³/mol. The fourth-order valence-electron chi connectivity index (χ4n) is 1.77. The lowest BCUT2D eigenvalue weighted by Gasteiger charge is -2.08. The molecule has 0 amide bonds. The lowest BCUT2D eigenvalue weighted by molar-refractivity contribution is 0.309. The maximum Gasteiger partial charge on any atom is 0.119 e. The molecule has 94 valence electrons. The van der Waals surface area contributed by atoms with Crippen LogP contribution >= 0.6 is 15.9 Å². The van der Waals surface area contributed by atoms with Gasteiger partial charge in [0.25, 0.3) is 0 Å². The summed E-state index contributed by atoms with van der Waals surface area (Å²) in [7, 11) is 0. The van der Waals surface area contributed by atoms with Gasteiger partial charge in [-0.2, -0.15) is 0 Å². The Balaban J connectivity index is 2.16. The van der Waals surface area contributed by atoms with E-state index in [1.165, 1.54) is 11.1 Å². The molecule has 0 unspecified atom stereocenters. The summed E-state index contributed by atoms with van der Waals surface area (Å²) >= 11 is 3.50. The Kier molecular flexibility index (Phi) is 4.82. The van der Waals surface area contributed by atoms with Gasteiger partial charge in [-0.15, -0.1) is 0 Å². The van der Waals surface area contributed by atoms with Crippen LogP contribution in [0.5, 0.6) is 5.75 Å². The van der Waals surface area contributed by atoms with Gasteiger partial charge in [0.05, 0.1) is 6.61 Å². The van der Waals surface area contributed by atoms with Crippen LogP contribution in [-0.2, 0) is 0 Å². The smallest absolute Gasteiger partial charge is 0.119 e. The fourth-order valence-corrected chi connectivity index (χ4v) is 2.17. The molecule has 2 aromatic carbocycles. The average molecular weight is 305 g/mol. The molecule has 1 nitrogen and oxygen atoms in total. The van der Waals surface area contributed by atoms with Crippen molar-refractivity contribution in [3.8, 4) is 16.9 Å². The molecular formula is C16H17BrO. The topological polar surface area (TPSA) is 9.23 Å². The molecule has 0 aliphatic heterocycles. The van der Waals surface area contributed by atoms with Crippen LogP contribution in [0.25, 0.3) is 11.1 Å². The van der Waals surface area contributed by atoms with E-state index in [2.05, 4.69) is 47.1 Å². The van der Waals surface area contributed by atoms with Crippen LogP contribution in [-0.4, -0.2) is 6.61 Å². The third-order valence-corrected chi connectivity index (χ3v) is 3.25. The van der Waals surface area contributed by atoms with E-state index in [4.69, 9.17) is 4.74 Å². The number of benzene rings is 2. The zero-order valence-electron chi connectivity index (χ0n) is 10.5. The van der Waals surface area contributed by atoms with E-state index in [1.807, 2.05) is 24.3 Å². The number of hydrogen-bond acceptors (Lipinski definition) is 1. The Bertz CT molecular complexity index is 508. The third-order valence-electron chi connectivity index (χ3n) is 2.76. The van der Waals surface area contributed by atoms with E-state index >= 15 is 0 Å². The van der Waals surface area contributed by atoms with Gasteiger partial charge < -0.3 is 4.74 Å². The van der Waals surface area contributed by atoms with Crippen LogP contribution in [0.4, 0.5) is 0 Å². The van der Waals surface area contributed by atoms with Crippen molar-refractivity contribution in [1.82, 2.24) is 0 Å². The summed E-state index contributed by atoms with van der Waals surface area (Å²) in [5, 5.41) is 0. The molecule has 2 heteroatoms. The Labute approximate surface area is 117 Å². The van der Waals surface area contributed by atoms with E-state index in [0.717, 1.165) is 29.7 Å². The van der Waals surface area contributed by atoms with Gasteiger partial charge in [-0.1, -0.05) is 53.5 Å². The maximum absolute atomic E-state index is 5.73. The normalized spacial score (nSPS) is 10.3. The van der Waals surface area contributed by atoms with Gasteiger partial charge >= 0.3 is 0 Å². The van der Waals surface area contributed by atoms with Gasteiger partial charge in [0.1, 0.15) is 5.75 Å². The highest BCUT2D eigenvalue weighted by molar-refractivity contribution is 9.10. The Morgan fingerprint density at radius 2 is 1.72 bits per heavy atom. The molecule has 0 aliphatic rings. The van der Waals surface area contributed by atoms with Gasteiger partial charge in [0, 0.05) is 4.47 Å². The highest BCUT2D eigenvalue weighted by atomic mass is 79.9. The zero-order valence-corrected chi connectivity index (χ0v) is 12.1. The van der Waals surface area contributed by atoms with E-state index in [1.54, 1.807) is 0 Å². The van der Waals surface area contributed by atoms with E-state index < -0.39 is 0 Å². The quantitative estimate of drug-likeness (QED) is 0.682. The Morgan fingerprint density at radius 3 is 2.44 bits per heavy atom. The van der Waals surface area contributed by atoms with Crippen molar-refractivity contribution in [2.75, 3.05) is 6.61 Å². The molecule has 0 heterocycles. The van der Waals surface area contributed by atoms with E-state index in [-0.39, 0.29) is 0 Å². The second kappa shape index (κ2) is 6.60. The molecule has 2 rings (SSSR count). The molecule has 0 saturated heterocycles. The molecule has 2 aromatic rings. The fraction of sp³-hybridized carbons (Fsp3) is 0.250. The van der Waals surface area contributed by atoms with Gasteiger partial charge in [-0.3, -0.25) is 0 Å². The van der Waals surface area contributed by atoms with Crippen molar-refractivity contribution in [2.24, 2.45) is 0 Å². The van der Waals surface area contributed by atoms with Gasteiger partial charge in [-0.05, 0) is 41.8 Å². The Hall–Kier alpha value is -1.28. The number of halogens is 1. The second-order valence-corrected chi connectivity index (χ2v) is 5.16. The SMILES string of the molecule is CCCCOc1cccc(-c2cccc(Br)c2)c1. The molecule has 0 spiro atoms. The maximum atomic E-state index is 5.73. The largest absolute Gasteiger partial charge is 0.494 e. The summed E-state index contributed by atoms with van der Waals surface area (Å²) in [5.41, 5.74) is 2.38. The predicted octanol–water partition coefficient (Wildman–Crippen LogP) is 5.30. The summed E-state index contributed by atoms with van der Waals surface area (Å²) in [5.74, 6) is 0.945. The summed E-state index contributed by atoms with van der Waals surface area (Å²) in [4.78, 5) is 0. The lowest BCUT2D eigenvalue weighted by atomic mass is 10.1. The molecule has 0 bridgehead atoms. The molecule has 18 heavy (non-hydrogen) atoms. The highest BCUT2D eigenvalue weighted by Crippen LogP contribution is 2.26. The van der Waals surface area contributed by atoms with Crippen LogP contribution in [0.3, 0.4) is 0 Å². The van der Waals surface area contributed by atoms with Crippen LogP contribution in [0, 0.1) is 0 Å². The van der Waals surface area contributed by atoms with Gasteiger partial charge in [0.2, 0.25) is 0 Å². The number of hydrogen-bond donors (Lipinski definition) is 0. The van der Waals surface area contributed by atoms with Crippen LogP contribution in [0.15, 0.2) is 53.0 Å². The number of unbranched alkanes of at least 4 members (excludes halogenated alkanes) is 1. The molecule has 0 atom stereocenters. The molecule has 0 N–H and O–H groups in total. The number of ether oxygens (including phenoxy) is 1. The molecule has 0 fully saturated rings. The number of rotatable bonds is 5. The third kappa shape index (κ3) is 3.61. The first-order valence-electron chi connectivity index (χ1n) is 6.28. The molecule has 0 aromatic heterocycles. The lowest BCUT2D eigenvalue weighted by Crippen LogP contribution is -1.96. The second-order valence-electron chi connectivity index (χ2n) is 4.24. The first kappa shape index (κ1) is 13.2. The summed E-state index contributed by atoms with van der Waals surface area (Å²) in [6.07, 6.45) is 2.26. The summed E-state index contributed by atoms with van der Waals surface area (Å²) in [6, 6.07) is 16.6. The summed E-state index contributed by atoms with van der Waals surface area (Å²) < 4.78 is 6.82. The van der Waals surface area contributed by atoms with E-state index in [0.29, 0.717) is 0 Å². The average Bonchev–Trinajstić information content (AvgIpc) is 2.39. The minimum atomic E-state index is 0.790. The van der Waals surface area contributed by atoms with Crippen molar-refractivity contribution in [2.45, 2.75) is 19.8 Å². The van der Waals surface area contributed by atoms with Crippen LogP contribution < -0.4 is 4.74 Å². The van der Waals surface area contributed by atoms with Crippen molar-refractivity contribution >= 4 is 15.9 Å². The van der Waals surface area contributed by atoms with Crippen molar-refractivity contribution in [1.29, 1.82) is 0 Å². The van der Waals surface area contributed by atoms with Crippen LogP contribution in [0.1, 0.15) is 19.8 Å². The monoisotopic (exact) mass is 304 g/mol. The molecule has 0 saturated carbocycles. The van der Waals surface area contributed by atoms with Crippen molar-refractivity contribution in [3.63, 3.8) is 0 Å². The van der Waals surface area contributed by atoms with E-state index in [9.17, 15) is 0 Å². The minimum absolute atomic E-state index is 0.790. The van der Waals surface area contributed by atoms with Crippen molar-refractivity contribution < 1.29 is 4.74 Å². The van der Waals surface area contributed by atoms with Gasteiger partial charge in [0.15, 0.2) is 0 Å². The van der Waals surface area contributed by atoms with Gasteiger partial charge in [-0.25, -0.2) is 0 Å².